The molecule has 4 rings (SSSR count). The highest BCUT2D eigenvalue weighted by molar-refractivity contribution is 7.10. The van der Waals surface area contributed by atoms with Crippen LogP contribution in [0.25, 0.3) is 0 Å². The molecule has 2 aliphatic rings. The molecule has 0 bridgehead atoms. The number of amides is 2. The van der Waals surface area contributed by atoms with Gasteiger partial charge in [0.2, 0.25) is 5.91 Å². The highest BCUT2D eigenvalue weighted by Gasteiger charge is 2.44. The maximum absolute atomic E-state index is 13.6. The number of carbonyl (C=O) groups is 2. The van der Waals surface area contributed by atoms with Crippen LogP contribution in [-0.4, -0.2) is 44.0 Å². The summed E-state index contributed by atoms with van der Waals surface area (Å²) in [6.07, 6.45) is 5.53. The van der Waals surface area contributed by atoms with Crippen molar-refractivity contribution in [2.24, 2.45) is 0 Å². The monoisotopic (exact) mass is 428 g/mol. The molecule has 1 aromatic heterocycles. The van der Waals surface area contributed by atoms with Crippen molar-refractivity contribution in [2.45, 2.75) is 50.1 Å². The predicted octanol–water partition coefficient (Wildman–Crippen LogP) is 4.12. The van der Waals surface area contributed by atoms with E-state index >= 15 is 0 Å². The molecule has 2 heterocycles. The summed E-state index contributed by atoms with van der Waals surface area (Å²) in [4.78, 5) is 29.6. The third-order valence-corrected chi connectivity index (χ3v) is 7.19. The van der Waals surface area contributed by atoms with Crippen molar-refractivity contribution in [3.05, 3.63) is 45.6 Å². The van der Waals surface area contributed by atoms with Gasteiger partial charge in [-0.2, -0.15) is 0 Å². The van der Waals surface area contributed by atoms with Crippen molar-refractivity contribution in [2.75, 3.05) is 21.3 Å². The van der Waals surface area contributed by atoms with Crippen LogP contribution in [0.5, 0.6) is 11.5 Å². The zero-order chi connectivity index (χ0) is 21.3. The lowest BCUT2D eigenvalue weighted by Crippen LogP contribution is -2.47. The highest BCUT2D eigenvalue weighted by Crippen LogP contribution is 2.46. The normalized spacial score (nSPS) is 21.8. The molecule has 2 atom stereocenters. The second-order valence-electron chi connectivity index (χ2n) is 7.99. The van der Waals surface area contributed by atoms with Gasteiger partial charge in [-0.15, -0.1) is 11.3 Å². The molecule has 1 N–H and O–H groups in total. The van der Waals surface area contributed by atoms with E-state index in [0.717, 1.165) is 30.6 Å². The molecule has 160 valence electrons. The molecule has 0 spiro atoms. The van der Waals surface area contributed by atoms with Crippen LogP contribution >= 0.6 is 11.3 Å². The molecule has 0 unspecified atom stereocenters. The molecule has 1 aliphatic carbocycles. The Bertz CT molecular complexity index is 922. The number of likely N-dealkylation sites (N-methyl/N-ethyl adjacent to an activating group) is 1. The van der Waals surface area contributed by atoms with Crippen LogP contribution < -0.4 is 14.8 Å². The van der Waals surface area contributed by atoms with Gasteiger partial charge in [0.25, 0.3) is 5.91 Å². The summed E-state index contributed by atoms with van der Waals surface area (Å²) in [5.41, 5.74) is 1.19. The number of thiophene rings is 1. The Morgan fingerprint density at radius 3 is 2.47 bits per heavy atom. The Hall–Kier alpha value is -2.54. The van der Waals surface area contributed by atoms with Gasteiger partial charge in [-0.1, -0.05) is 25.3 Å². The number of carbonyl (C=O) groups excluding carboxylic acids is 2. The summed E-state index contributed by atoms with van der Waals surface area (Å²) >= 11 is 1.56. The molecule has 2 amide bonds. The first kappa shape index (κ1) is 20.7. The molecule has 0 radical (unpaired) electrons. The summed E-state index contributed by atoms with van der Waals surface area (Å²) < 4.78 is 10.9. The first-order chi connectivity index (χ1) is 14.5. The molecular weight excluding hydrogens is 400 g/mol. The van der Waals surface area contributed by atoms with E-state index in [4.69, 9.17) is 9.47 Å². The van der Waals surface area contributed by atoms with E-state index in [2.05, 4.69) is 5.32 Å². The van der Waals surface area contributed by atoms with E-state index in [0.29, 0.717) is 22.6 Å². The van der Waals surface area contributed by atoms with E-state index in [1.165, 1.54) is 6.42 Å². The number of nitrogens with zero attached hydrogens (tertiary/aromatic N) is 1. The van der Waals surface area contributed by atoms with Gasteiger partial charge in [-0.25, -0.2) is 0 Å². The number of nitrogens with one attached hydrogen (secondary N) is 1. The lowest BCUT2D eigenvalue weighted by Gasteiger charge is -2.40. The number of rotatable bonds is 5. The van der Waals surface area contributed by atoms with Crippen LogP contribution in [-0.2, 0) is 4.79 Å². The Kier molecular flexibility index (Phi) is 5.99. The number of methoxy groups -OCH3 is 2. The second-order valence-corrected chi connectivity index (χ2v) is 8.97. The van der Waals surface area contributed by atoms with Gasteiger partial charge >= 0.3 is 0 Å². The summed E-state index contributed by atoms with van der Waals surface area (Å²) in [5.74, 6) is 0.343. The molecule has 1 aliphatic heterocycles. The van der Waals surface area contributed by atoms with E-state index < -0.39 is 5.92 Å². The number of hydrogen-bond acceptors (Lipinski definition) is 5. The van der Waals surface area contributed by atoms with Crippen LogP contribution in [0.4, 0.5) is 0 Å². The maximum atomic E-state index is 13.6. The van der Waals surface area contributed by atoms with Gasteiger partial charge in [-0.3, -0.25) is 9.59 Å². The Morgan fingerprint density at radius 1 is 1.13 bits per heavy atom. The van der Waals surface area contributed by atoms with Crippen molar-refractivity contribution in [1.29, 1.82) is 0 Å². The molecule has 30 heavy (non-hydrogen) atoms. The van der Waals surface area contributed by atoms with Gasteiger partial charge in [0.15, 0.2) is 11.5 Å². The average molecular weight is 429 g/mol. The molecule has 1 fully saturated rings. The molecule has 2 aromatic rings. The summed E-state index contributed by atoms with van der Waals surface area (Å²) in [6.45, 7) is 0. The summed E-state index contributed by atoms with van der Waals surface area (Å²) in [7, 11) is 4.88. The van der Waals surface area contributed by atoms with Gasteiger partial charge in [0.05, 0.1) is 26.2 Å². The molecule has 1 aromatic carbocycles. The van der Waals surface area contributed by atoms with E-state index in [1.54, 1.807) is 49.6 Å². The van der Waals surface area contributed by atoms with E-state index in [-0.39, 0.29) is 23.9 Å². The van der Waals surface area contributed by atoms with Crippen LogP contribution in [0.15, 0.2) is 29.6 Å². The minimum Gasteiger partial charge on any atom is -0.493 e. The highest BCUT2D eigenvalue weighted by atomic mass is 32.1. The number of ether oxygens (including phenoxy) is 2. The topological polar surface area (TPSA) is 67.9 Å². The number of fused-ring (bicyclic) bond motifs is 1. The fraction of sp³-hybridized carbons (Fsp3) is 0.478. The van der Waals surface area contributed by atoms with Gasteiger partial charge in [0.1, 0.15) is 0 Å². The molecule has 6 nitrogen and oxygen atoms in total. The first-order valence-electron chi connectivity index (χ1n) is 10.4. The molecular formula is C23H28N2O4S. The SMILES string of the molecule is COc1cc2c(cc1OC)[C@H](C(=O)NC1CCCCC1)[C@H](c1cccs1)N(C)C2=O. The van der Waals surface area contributed by atoms with Gasteiger partial charge in [-0.05, 0) is 42.0 Å². The lowest BCUT2D eigenvalue weighted by molar-refractivity contribution is -0.125. The van der Waals surface area contributed by atoms with Crippen LogP contribution in [0, 0.1) is 0 Å². The minimum absolute atomic E-state index is 0.0341. The third kappa shape index (κ3) is 3.67. The summed E-state index contributed by atoms with van der Waals surface area (Å²) in [6, 6.07) is 7.28. The lowest BCUT2D eigenvalue weighted by atomic mass is 9.81. The number of benzene rings is 1. The zero-order valence-electron chi connectivity index (χ0n) is 17.6. The Balaban J connectivity index is 1.80. The second kappa shape index (κ2) is 8.68. The molecule has 7 heteroatoms. The fourth-order valence-electron chi connectivity index (χ4n) is 4.68. The van der Waals surface area contributed by atoms with Crippen molar-refractivity contribution in [3.63, 3.8) is 0 Å². The Morgan fingerprint density at radius 2 is 1.83 bits per heavy atom. The van der Waals surface area contributed by atoms with Crippen molar-refractivity contribution in [1.82, 2.24) is 10.2 Å². The van der Waals surface area contributed by atoms with Crippen LogP contribution in [0.3, 0.4) is 0 Å². The minimum atomic E-state index is -0.511. The van der Waals surface area contributed by atoms with Crippen LogP contribution in [0.2, 0.25) is 0 Å². The van der Waals surface area contributed by atoms with Crippen molar-refractivity contribution < 1.29 is 19.1 Å². The zero-order valence-corrected chi connectivity index (χ0v) is 18.5. The number of hydrogen-bond donors (Lipinski definition) is 1. The third-order valence-electron chi connectivity index (χ3n) is 6.24. The molecule has 0 saturated heterocycles. The van der Waals surface area contributed by atoms with E-state index in [1.807, 2.05) is 17.5 Å². The summed E-state index contributed by atoms with van der Waals surface area (Å²) in [5, 5.41) is 5.26. The smallest absolute Gasteiger partial charge is 0.254 e. The fourth-order valence-corrected chi connectivity index (χ4v) is 5.59. The quantitative estimate of drug-likeness (QED) is 0.778. The maximum Gasteiger partial charge on any atom is 0.254 e. The predicted molar refractivity (Wildman–Crippen MR) is 116 cm³/mol. The largest absolute Gasteiger partial charge is 0.493 e. The Labute approximate surface area is 181 Å². The molecule has 1 saturated carbocycles. The van der Waals surface area contributed by atoms with Crippen molar-refractivity contribution in [3.8, 4) is 11.5 Å². The van der Waals surface area contributed by atoms with E-state index in [9.17, 15) is 9.59 Å². The van der Waals surface area contributed by atoms with Crippen molar-refractivity contribution >= 4 is 23.2 Å². The first-order valence-corrected chi connectivity index (χ1v) is 11.3. The van der Waals surface area contributed by atoms with Crippen LogP contribution in [0.1, 0.15) is 64.9 Å². The standard InChI is InChI=1S/C23H28N2O4S/c1-25-21(19-10-7-11-30-19)20(22(26)24-14-8-5-4-6-9-14)15-12-17(28-2)18(29-3)13-16(15)23(25)27/h7,10-14,20-21H,4-6,8-9H2,1-3H3,(H,24,26)/t20-,21-/m0/s1. The van der Waals surface area contributed by atoms with Gasteiger partial charge in [0, 0.05) is 23.5 Å². The average Bonchev–Trinajstić information content (AvgIpc) is 3.30. The van der Waals surface area contributed by atoms with Gasteiger partial charge < -0.3 is 19.7 Å².